The van der Waals surface area contributed by atoms with E-state index < -0.39 is 0 Å². The van der Waals surface area contributed by atoms with Gasteiger partial charge >= 0.3 is 0 Å². The van der Waals surface area contributed by atoms with E-state index in [1.807, 2.05) is 25.1 Å². The van der Waals surface area contributed by atoms with Gasteiger partial charge in [0.05, 0.1) is 11.8 Å². The third-order valence-electron chi connectivity index (χ3n) is 3.47. The molecule has 1 heterocycles. The van der Waals surface area contributed by atoms with Gasteiger partial charge in [0.2, 0.25) is 12.7 Å². The first-order valence-electron chi connectivity index (χ1n) is 7.20. The number of carbonyl (C=O) groups excluding carboxylic acids is 1. The van der Waals surface area contributed by atoms with Gasteiger partial charge in [-0.05, 0) is 36.8 Å². The number of halogens is 1. The van der Waals surface area contributed by atoms with Crippen LogP contribution in [0.4, 0.5) is 4.39 Å². The van der Waals surface area contributed by atoms with Crippen LogP contribution in [0, 0.1) is 5.82 Å². The standard InChI is InChI=1S/C17H16FNO3S/c1-11(12-6-7-14-15(8-12)22-10-21-14)19-17(20)9-23-16-5-3-2-4-13(16)18/h2-8,11H,9-10H2,1H3,(H,19,20). The highest BCUT2D eigenvalue weighted by atomic mass is 32.2. The quantitative estimate of drug-likeness (QED) is 0.851. The maximum absolute atomic E-state index is 13.5. The summed E-state index contributed by atoms with van der Waals surface area (Å²) in [7, 11) is 0. The van der Waals surface area contributed by atoms with Gasteiger partial charge in [-0.1, -0.05) is 18.2 Å². The van der Waals surface area contributed by atoms with Crippen LogP contribution in [0.1, 0.15) is 18.5 Å². The summed E-state index contributed by atoms with van der Waals surface area (Å²) in [5.41, 5.74) is 0.929. The van der Waals surface area contributed by atoms with Gasteiger partial charge in [-0.2, -0.15) is 0 Å². The van der Waals surface area contributed by atoms with Gasteiger partial charge in [0.1, 0.15) is 5.82 Å². The van der Waals surface area contributed by atoms with Crippen molar-refractivity contribution in [1.82, 2.24) is 5.32 Å². The van der Waals surface area contributed by atoms with Crippen molar-refractivity contribution in [3.63, 3.8) is 0 Å². The molecule has 0 spiro atoms. The number of thioether (sulfide) groups is 1. The number of benzene rings is 2. The van der Waals surface area contributed by atoms with E-state index in [9.17, 15) is 9.18 Å². The second kappa shape index (κ2) is 6.91. The Morgan fingerprint density at radius 1 is 1.26 bits per heavy atom. The average Bonchev–Trinajstić information content (AvgIpc) is 3.01. The van der Waals surface area contributed by atoms with Crippen molar-refractivity contribution in [1.29, 1.82) is 0 Å². The number of nitrogens with one attached hydrogen (secondary N) is 1. The van der Waals surface area contributed by atoms with Crippen LogP contribution in [0.15, 0.2) is 47.4 Å². The zero-order valence-corrected chi connectivity index (χ0v) is 13.4. The number of hydrogen-bond donors (Lipinski definition) is 1. The monoisotopic (exact) mass is 333 g/mol. The lowest BCUT2D eigenvalue weighted by atomic mass is 10.1. The van der Waals surface area contributed by atoms with Crippen molar-refractivity contribution in [2.75, 3.05) is 12.5 Å². The van der Waals surface area contributed by atoms with Crippen LogP contribution in [0.25, 0.3) is 0 Å². The van der Waals surface area contributed by atoms with Crippen molar-refractivity contribution in [3.8, 4) is 11.5 Å². The van der Waals surface area contributed by atoms with Gasteiger partial charge in [-0.25, -0.2) is 4.39 Å². The second-order valence-electron chi connectivity index (χ2n) is 5.12. The summed E-state index contributed by atoms with van der Waals surface area (Å²) in [6.07, 6.45) is 0. The molecule has 1 unspecified atom stereocenters. The summed E-state index contributed by atoms with van der Waals surface area (Å²) < 4.78 is 24.1. The molecule has 0 bridgehead atoms. The van der Waals surface area contributed by atoms with Crippen molar-refractivity contribution in [2.24, 2.45) is 0 Å². The molecule has 1 amide bonds. The number of rotatable bonds is 5. The van der Waals surface area contributed by atoms with Crippen LogP contribution in [-0.4, -0.2) is 18.5 Å². The number of carbonyl (C=O) groups is 1. The van der Waals surface area contributed by atoms with E-state index in [1.165, 1.54) is 17.8 Å². The van der Waals surface area contributed by atoms with Crippen LogP contribution in [0.2, 0.25) is 0 Å². The summed E-state index contributed by atoms with van der Waals surface area (Å²) in [6, 6.07) is 11.8. The molecule has 6 heteroatoms. The lowest BCUT2D eigenvalue weighted by molar-refractivity contribution is -0.119. The Kier molecular flexibility index (Phi) is 4.71. The lowest BCUT2D eigenvalue weighted by Gasteiger charge is -2.14. The van der Waals surface area contributed by atoms with E-state index in [4.69, 9.17) is 9.47 Å². The molecule has 1 atom stereocenters. The zero-order chi connectivity index (χ0) is 16.2. The molecule has 0 aliphatic carbocycles. The van der Waals surface area contributed by atoms with Crippen LogP contribution in [0.3, 0.4) is 0 Å². The largest absolute Gasteiger partial charge is 0.454 e. The number of fused-ring (bicyclic) bond motifs is 1. The highest BCUT2D eigenvalue weighted by Crippen LogP contribution is 2.34. The molecule has 23 heavy (non-hydrogen) atoms. The fourth-order valence-electron chi connectivity index (χ4n) is 2.25. The van der Waals surface area contributed by atoms with Crippen LogP contribution < -0.4 is 14.8 Å². The number of ether oxygens (including phenoxy) is 2. The summed E-state index contributed by atoms with van der Waals surface area (Å²) in [6.45, 7) is 2.11. The highest BCUT2D eigenvalue weighted by Gasteiger charge is 2.17. The predicted molar refractivity (Wildman–Crippen MR) is 86.2 cm³/mol. The first kappa shape index (κ1) is 15.7. The molecule has 1 N–H and O–H groups in total. The van der Waals surface area contributed by atoms with E-state index in [2.05, 4.69) is 5.32 Å². The van der Waals surface area contributed by atoms with Gasteiger partial charge in [-0.3, -0.25) is 4.79 Å². The molecule has 0 radical (unpaired) electrons. The van der Waals surface area contributed by atoms with Gasteiger partial charge in [0, 0.05) is 4.90 Å². The van der Waals surface area contributed by atoms with E-state index in [-0.39, 0.29) is 30.3 Å². The average molecular weight is 333 g/mol. The van der Waals surface area contributed by atoms with E-state index >= 15 is 0 Å². The van der Waals surface area contributed by atoms with Gasteiger partial charge < -0.3 is 14.8 Å². The second-order valence-corrected chi connectivity index (χ2v) is 6.14. The lowest BCUT2D eigenvalue weighted by Crippen LogP contribution is -2.28. The Labute approximate surface area is 138 Å². The number of hydrogen-bond acceptors (Lipinski definition) is 4. The molecule has 3 rings (SSSR count). The minimum absolute atomic E-state index is 0.150. The fourth-order valence-corrected chi connectivity index (χ4v) is 3.00. The van der Waals surface area contributed by atoms with Gasteiger partial charge in [0.25, 0.3) is 0 Å². The van der Waals surface area contributed by atoms with Crippen molar-refractivity contribution < 1.29 is 18.7 Å². The Hall–Kier alpha value is -2.21. The normalized spacial score (nSPS) is 13.7. The molecule has 1 aliphatic heterocycles. The van der Waals surface area contributed by atoms with E-state index in [1.54, 1.807) is 18.2 Å². The first-order valence-corrected chi connectivity index (χ1v) is 8.18. The maximum Gasteiger partial charge on any atom is 0.231 e. The molecule has 4 nitrogen and oxygen atoms in total. The maximum atomic E-state index is 13.5. The predicted octanol–water partition coefficient (Wildman–Crippen LogP) is 3.52. The number of amides is 1. The summed E-state index contributed by atoms with van der Waals surface area (Å²) in [4.78, 5) is 12.5. The minimum Gasteiger partial charge on any atom is -0.454 e. The molecule has 120 valence electrons. The molecule has 2 aromatic carbocycles. The minimum atomic E-state index is -0.311. The Morgan fingerprint density at radius 2 is 2.04 bits per heavy atom. The molecule has 0 aromatic heterocycles. The summed E-state index contributed by atoms with van der Waals surface area (Å²) in [5, 5.41) is 2.90. The summed E-state index contributed by atoms with van der Waals surface area (Å²) in [5.74, 6) is 1.10. The first-order chi connectivity index (χ1) is 11.1. The third kappa shape index (κ3) is 3.76. The van der Waals surface area contributed by atoms with Crippen molar-refractivity contribution >= 4 is 17.7 Å². The SMILES string of the molecule is CC(NC(=O)CSc1ccccc1F)c1ccc2c(c1)OCO2. The smallest absolute Gasteiger partial charge is 0.231 e. The Balaban J connectivity index is 1.56. The van der Waals surface area contributed by atoms with E-state index in [0.717, 1.165) is 5.56 Å². The molecule has 2 aromatic rings. The van der Waals surface area contributed by atoms with Crippen molar-refractivity contribution in [3.05, 3.63) is 53.8 Å². The molecule has 0 saturated heterocycles. The molecular formula is C17H16FNO3S. The van der Waals surface area contributed by atoms with Crippen LogP contribution >= 0.6 is 11.8 Å². The molecule has 0 saturated carbocycles. The van der Waals surface area contributed by atoms with Gasteiger partial charge in [0.15, 0.2) is 11.5 Å². The molecule has 1 aliphatic rings. The Morgan fingerprint density at radius 3 is 2.87 bits per heavy atom. The van der Waals surface area contributed by atoms with Crippen LogP contribution in [-0.2, 0) is 4.79 Å². The van der Waals surface area contributed by atoms with E-state index in [0.29, 0.717) is 16.4 Å². The van der Waals surface area contributed by atoms with Gasteiger partial charge in [-0.15, -0.1) is 11.8 Å². The highest BCUT2D eigenvalue weighted by molar-refractivity contribution is 8.00. The molecule has 0 fully saturated rings. The fraction of sp³-hybridized carbons (Fsp3) is 0.235. The molecular weight excluding hydrogens is 317 g/mol. The topological polar surface area (TPSA) is 47.6 Å². The Bertz CT molecular complexity index is 723. The third-order valence-corrected chi connectivity index (χ3v) is 4.52. The van der Waals surface area contributed by atoms with Crippen molar-refractivity contribution in [2.45, 2.75) is 17.9 Å². The summed E-state index contributed by atoms with van der Waals surface area (Å²) >= 11 is 1.18. The van der Waals surface area contributed by atoms with Crippen LogP contribution in [0.5, 0.6) is 11.5 Å². The zero-order valence-electron chi connectivity index (χ0n) is 12.5.